The summed E-state index contributed by atoms with van der Waals surface area (Å²) >= 11 is 3.47. The van der Waals surface area contributed by atoms with Gasteiger partial charge in [0.15, 0.2) is 0 Å². The molecule has 3 aromatic rings. The van der Waals surface area contributed by atoms with Crippen LogP contribution in [0.25, 0.3) is 12.2 Å². The zero-order chi connectivity index (χ0) is 19.8. The number of aryl methyl sites for hydroxylation is 1. The molecule has 4 nitrogen and oxygen atoms in total. The third-order valence-corrected chi connectivity index (χ3v) is 4.78. The lowest BCUT2D eigenvalue weighted by Crippen LogP contribution is -2.12. The monoisotopic (exact) mass is 436 g/mol. The third kappa shape index (κ3) is 5.79. The van der Waals surface area contributed by atoms with E-state index in [1.165, 1.54) is 0 Å². The second-order valence-electron chi connectivity index (χ2n) is 6.23. The number of pyridine rings is 1. The molecule has 0 spiro atoms. The predicted molar refractivity (Wildman–Crippen MR) is 117 cm³/mol. The van der Waals surface area contributed by atoms with Gasteiger partial charge in [-0.15, -0.1) is 0 Å². The fourth-order valence-electron chi connectivity index (χ4n) is 2.72. The summed E-state index contributed by atoms with van der Waals surface area (Å²) in [7, 11) is 1.63. The van der Waals surface area contributed by atoms with Gasteiger partial charge in [-0.3, -0.25) is 9.78 Å². The van der Waals surface area contributed by atoms with Crippen molar-refractivity contribution in [1.29, 1.82) is 0 Å². The maximum Gasteiger partial charge on any atom is 0.224 e. The van der Waals surface area contributed by atoms with Crippen molar-refractivity contribution in [3.8, 4) is 5.75 Å². The quantitative estimate of drug-likeness (QED) is 0.524. The molecule has 2 aromatic carbocycles. The Kier molecular flexibility index (Phi) is 6.98. The van der Waals surface area contributed by atoms with E-state index in [1.54, 1.807) is 13.3 Å². The molecule has 142 valence electrons. The highest BCUT2D eigenvalue weighted by atomic mass is 79.9. The van der Waals surface area contributed by atoms with Crippen LogP contribution in [0.5, 0.6) is 5.75 Å². The van der Waals surface area contributed by atoms with E-state index in [1.807, 2.05) is 72.8 Å². The van der Waals surface area contributed by atoms with Crippen LogP contribution in [0.4, 0.5) is 5.69 Å². The summed E-state index contributed by atoms with van der Waals surface area (Å²) in [6.45, 7) is 0. The Morgan fingerprint density at radius 1 is 1.11 bits per heavy atom. The van der Waals surface area contributed by atoms with E-state index < -0.39 is 0 Å². The topological polar surface area (TPSA) is 51.2 Å². The average molecular weight is 437 g/mol. The van der Waals surface area contributed by atoms with E-state index in [0.717, 1.165) is 32.7 Å². The number of anilines is 1. The summed E-state index contributed by atoms with van der Waals surface area (Å²) in [5, 5.41) is 2.96. The summed E-state index contributed by atoms with van der Waals surface area (Å²) in [6, 6.07) is 19.4. The van der Waals surface area contributed by atoms with Crippen molar-refractivity contribution < 1.29 is 9.53 Å². The van der Waals surface area contributed by atoms with E-state index in [9.17, 15) is 4.79 Å². The molecule has 28 heavy (non-hydrogen) atoms. The molecular formula is C23H21BrN2O2. The molecule has 5 heteroatoms. The molecule has 0 unspecified atom stereocenters. The Bertz CT molecular complexity index is 971. The summed E-state index contributed by atoms with van der Waals surface area (Å²) in [5.41, 5.74) is 3.75. The number of hydrogen-bond acceptors (Lipinski definition) is 3. The molecule has 0 atom stereocenters. The van der Waals surface area contributed by atoms with Gasteiger partial charge < -0.3 is 10.1 Å². The van der Waals surface area contributed by atoms with Gasteiger partial charge in [0.1, 0.15) is 5.75 Å². The van der Waals surface area contributed by atoms with E-state index >= 15 is 0 Å². The lowest BCUT2D eigenvalue weighted by molar-refractivity contribution is -0.116. The van der Waals surface area contributed by atoms with Gasteiger partial charge in [0.25, 0.3) is 0 Å². The number of ether oxygens (including phenoxy) is 1. The first-order valence-electron chi connectivity index (χ1n) is 8.95. The van der Waals surface area contributed by atoms with Crippen molar-refractivity contribution in [2.24, 2.45) is 0 Å². The molecule has 0 aliphatic rings. The number of carbonyl (C=O) groups excluding carboxylic acids is 1. The number of aromatic nitrogens is 1. The molecule has 0 fully saturated rings. The molecule has 1 heterocycles. The molecule has 3 rings (SSSR count). The summed E-state index contributed by atoms with van der Waals surface area (Å²) in [4.78, 5) is 16.6. The number of methoxy groups -OCH3 is 1. The molecule has 0 aliphatic heterocycles. The number of nitrogens with one attached hydrogen (secondary N) is 1. The first-order valence-corrected chi connectivity index (χ1v) is 9.75. The third-order valence-electron chi connectivity index (χ3n) is 4.16. The zero-order valence-electron chi connectivity index (χ0n) is 15.6. The van der Waals surface area contributed by atoms with Crippen molar-refractivity contribution in [1.82, 2.24) is 4.98 Å². The van der Waals surface area contributed by atoms with Crippen molar-refractivity contribution in [2.75, 3.05) is 12.4 Å². The maximum atomic E-state index is 12.3. The van der Waals surface area contributed by atoms with Gasteiger partial charge in [-0.05, 0) is 76.0 Å². The fourth-order valence-corrected chi connectivity index (χ4v) is 3.31. The van der Waals surface area contributed by atoms with Crippen LogP contribution in [0.15, 0.2) is 71.3 Å². The first kappa shape index (κ1) is 19.8. The normalized spacial score (nSPS) is 10.8. The first-order chi connectivity index (χ1) is 13.6. The fraction of sp³-hybridized carbons (Fsp3) is 0.130. The van der Waals surface area contributed by atoms with Crippen molar-refractivity contribution in [2.45, 2.75) is 12.8 Å². The number of benzene rings is 2. The van der Waals surface area contributed by atoms with Crippen molar-refractivity contribution in [3.05, 3.63) is 88.2 Å². The minimum atomic E-state index is -0.0159. The Labute approximate surface area is 173 Å². The highest BCUT2D eigenvalue weighted by Gasteiger charge is 2.06. The molecular weight excluding hydrogens is 416 g/mol. The minimum Gasteiger partial charge on any atom is -0.496 e. The van der Waals surface area contributed by atoms with Crippen molar-refractivity contribution >= 4 is 39.7 Å². The lowest BCUT2D eigenvalue weighted by Gasteiger charge is -2.08. The number of rotatable bonds is 7. The summed E-state index contributed by atoms with van der Waals surface area (Å²) < 4.78 is 6.12. The van der Waals surface area contributed by atoms with Gasteiger partial charge in [-0.1, -0.05) is 30.3 Å². The van der Waals surface area contributed by atoms with Gasteiger partial charge in [0.05, 0.1) is 17.3 Å². The molecule has 0 saturated heterocycles. The Hall–Kier alpha value is -2.92. The maximum absolute atomic E-state index is 12.3. The molecule has 1 N–H and O–H groups in total. The standard InChI is InChI=1S/C23H21BrN2O2/c1-28-22-12-9-18(16-21(22)24)10-13-23(27)26-20-7-4-5-17(15-20)8-11-19-6-2-3-14-25-19/h2-9,11-12,14-16H,10,13H2,1H3,(H,26,27)/b11-8+. The lowest BCUT2D eigenvalue weighted by atomic mass is 10.1. The second-order valence-corrected chi connectivity index (χ2v) is 7.08. The smallest absolute Gasteiger partial charge is 0.224 e. The van der Waals surface area contributed by atoms with Gasteiger partial charge >= 0.3 is 0 Å². The van der Waals surface area contributed by atoms with E-state index in [0.29, 0.717) is 12.8 Å². The summed E-state index contributed by atoms with van der Waals surface area (Å²) in [5.74, 6) is 0.765. The SMILES string of the molecule is COc1ccc(CCC(=O)Nc2cccc(/C=C/c3ccccn3)c2)cc1Br. The van der Waals surface area contributed by atoms with Crippen LogP contribution in [0.1, 0.15) is 23.2 Å². The van der Waals surface area contributed by atoms with Crippen LogP contribution < -0.4 is 10.1 Å². The van der Waals surface area contributed by atoms with Gasteiger partial charge in [-0.25, -0.2) is 0 Å². The Balaban J connectivity index is 1.57. The van der Waals surface area contributed by atoms with E-state index in [4.69, 9.17) is 4.74 Å². The number of amides is 1. The molecule has 0 bridgehead atoms. The molecule has 1 amide bonds. The highest BCUT2D eigenvalue weighted by Crippen LogP contribution is 2.26. The van der Waals surface area contributed by atoms with Crippen LogP contribution in [-0.2, 0) is 11.2 Å². The molecule has 0 radical (unpaired) electrons. The van der Waals surface area contributed by atoms with Gasteiger partial charge in [0.2, 0.25) is 5.91 Å². The van der Waals surface area contributed by atoms with Crippen molar-refractivity contribution in [3.63, 3.8) is 0 Å². The van der Waals surface area contributed by atoms with Crippen LogP contribution in [0, 0.1) is 0 Å². The van der Waals surface area contributed by atoms with Crippen LogP contribution in [0.2, 0.25) is 0 Å². The largest absolute Gasteiger partial charge is 0.496 e. The average Bonchev–Trinajstić information content (AvgIpc) is 2.72. The minimum absolute atomic E-state index is 0.0159. The Morgan fingerprint density at radius 3 is 2.75 bits per heavy atom. The molecule has 0 saturated carbocycles. The second kappa shape index (κ2) is 9.85. The predicted octanol–water partition coefficient (Wildman–Crippen LogP) is 5.59. The van der Waals surface area contributed by atoms with E-state index in [2.05, 4.69) is 26.2 Å². The van der Waals surface area contributed by atoms with Crippen LogP contribution in [0.3, 0.4) is 0 Å². The van der Waals surface area contributed by atoms with Crippen LogP contribution in [-0.4, -0.2) is 18.0 Å². The molecule has 0 aliphatic carbocycles. The highest BCUT2D eigenvalue weighted by molar-refractivity contribution is 9.10. The number of carbonyl (C=O) groups is 1. The van der Waals surface area contributed by atoms with Crippen LogP contribution >= 0.6 is 15.9 Å². The number of halogens is 1. The molecule has 1 aromatic heterocycles. The van der Waals surface area contributed by atoms with E-state index in [-0.39, 0.29) is 5.91 Å². The number of hydrogen-bond donors (Lipinski definition) is 1. The zero-order valence-corrected chi connectivity index (χ0v) is 17.1. The number of nitrogens with zero attached hydrogens (tertiary/aromatic N) is 1. The summed E-state index contributed by atoms with van der Waals surface area (Å²) in [6.07, 6.45) is 6.76. The van der Waals surface area contributed by atoms with Gasteiger partial charge in [-0.2, -0.15) is 0 Å². The Morgan fingerprint density at radius 2 is 2.00 bits per heavy atom. The van der Waals surface area contributed by atoms with Gasteiger partial charge in [0, 0.05) is 18.3 Å².